The second-order valence-corrected chi connectivity index (χ2v) is 3.18. The summed E-state index contributed by atoms with van der Waals surface area (Å²) in [6.45, 7) is 0. The first-order valence-electron chi connectivity index (χ1n) is 3.93. The number of benzene rings is 1. The molecule has 0 saturated heterocycles. The van der Waals surface area contributed by atoms with Gasteiger partial charge in [0, 0.05) is 17.5 Å². The molecule has 1 aliphatic carbocycles. The Morgan fingerprint density at radius 3 is 2.75 bits per heavy atom. The zero-order chi connectivity index (χ0) is 8.72. The summed E-state index contributed by atoms with van der Waals surface area (Å²) >= 11 is 0. The zero-order valence-electron chi connectivity index (χ0n) is 6.50. The average molecular weight is 167 g/mol. The van der Waals surface area contributed by atoms with E-state index in [1.807, 2.05) is 0 Å². The van der Waals surface area contributed by atoms with E-state index < -0.39 is 5.82 Å². The van der Waals surface area contributed by atoms with E-state index in [1.165, 1.54) is 6.07 Å². The average Bonchev–Trinajstić information content (AvgIpc) is 2.73. The van der Waals surface area contributed by atoms with Crippen molar-refractivity contribution in [2.24, 2.45) is 5.73 Å². The smallest absolute Gasteiger partial charge is 0.165 e. The molecule has 0 amide bonds. The Bertz CT molecular complexity index is 313. The number of para-hydroxylation sites is 1. The van der Waals surface area contributed by atoms with E-state index in [1.54, 1.807) is 12.1 Å². The van der Waals surface area contributed by atoms with Crippen LogP contribution in [-0.4, -0.2) is 11.1 Å². The summed E-state index contributed by atoms with van der Waals surface area (Å²) in [4.78, 5) is 0. The van der Waals surface area contributed by atoms with Crippen molar-refractivity contribution in [1.82, 2.24) is 0 Å². The molecule has 0 radical (unpaired) electrons. The highest BCUT2D eigenvalue weighted by molar-refractivity contribution is 5.40. The van der Waals surface area contributed by atoms with Crippen molar-refractivity contribution < 1.29 is 9.50 Å². The lowest BCUT2D eigenvalue weighted by molar-refractivity contribution is 0.426. The van der Waals surface area contributed by atoms with Crippen LogP contribution >= 0.6 is 0 Å². The Morgan fingerprint density at radius 1 is 1.50 bits per heavy atom. The number of hydrogen-bond donors (Lipinski definition) is 2. The first-order valence-corrected chi connectivity index (χ1v) is 3.93. The quantitative estimate of drug-likeness (QED) is 0.663. The first kappa shape index (κ1) is 7.55. The third-order valence-electron chi connectivity index (χ3n) is 2.26. The zero-order valence-corrected chi connectivity index (χ0v) is 6.50. The molecule has 1 saturated carbocycles. The molecule has 1 aliphatic rings. The monoisotopic (exact) mass is 167 g/mol. The Balaban J connectivity index is 2.38. The third-order valence-corrected chi connectivity index (χ3v) is 2.26. The molecule has 3 heteroatoms. The Hall–Kier alpha value is -1.09. The summed E-state index contributed by atoms with van der Waals surface area (Å²) in [7, 11) is 0. The van der Waals surface area contributed by atoms with Crippen LogP contribution in [0.2, 0.25) is 0 Å². The van der Waals surface area contributed by atoms with Crippen LogP contribution in [0.1, 0.15) is 17.9 Å². The predicted octanol–water partition coefficient (Wildman–Crippen LogP) is 1.35. The van der Waals surface area contributed by atoms with Gasteiger partial charge in [-0.3, -0.25) is 0 Å². The molecule has 0 bridgehead atoms. The van der Waals surface area contributed by atoms with E-state index in [4.69, 9.17) is 5.73 Å². The standard InChI is InChI=1S/C9H10FNO/c10-7-3-1-2-5(9(7)12)6-4-8(6)11/h1-3,6,8,12H,4,11H2/t6-,8+/m0/s1. The van der Waals surface area contributed by atoms with Crippen molar-refractivity contribution in [1.29, 1.82) is 0 Å². The van der Waals surface area contributed by atoms with E-state index in [2.05, 4.69) is 0 Å². The number of halogens is 1. The lowest BCUT2D eigenvalue weighted by Crippen LogP contribution is -2.01. The molecule has 2 rings (SSSR count). The highest BCUT2D eigenvalue weighted by Crippen LogP contribution is 2.43. The molecule has 12 heavy (non-hydrogen) atoms. The molecule has 2 atom stereocenters. The Labute approximate surface area is 69.8 Å². The molecule has 0 heterocycles. The number of rotatable bonds is 1. The van der Waals surface area contributed by atoms with E-state index in [0.29, 0.717) is 5.56 Å². The fraction of sp³-hybridized carbons (Fsp3) is 0.333. The van der Waals surface area contributed by atoms with Gasteiger partial charge in [0.15, 0.2) is 11.6 Å². The van der Waals surface area contributed by atoms with Gasteiger partial charge in [-0.2, -0.15) is 0 Å². The molecule has 1 aromatic carbocycles. The minimum Gasteiger partial charge on any atom is -0.505 e. The van der Waals surface area contributed by atoms with Crippen LogP contribution in [0.5, 0.6) is 5.75 Å². The van der Waals surface area contributed by atoms with Crippen LogP contribution < -0.4 is 5.73 Å². The van der Waals surface area contributed by atoms with Gasteiger partial charge in [0.2, 0.25) is 0 Å². The predicted molar refractivity (Wildman–Crippen MR) is 43.4 cm³/mol. The lowest BCUT2D eigenvalue weighted by atomic mass is 10.1. The van der Waals surface area contributed by atoms with Gasteiger partial charge in [-0.15, -0.1) is 0 Å². The lowest BCUT2D eigenvalue weighted by Gasteiger charge is -2.02. The molecule has 1 aromatic rings. The van der Waals surface area contributed by atoms with E-state index >= 15 is 0 Å². The Morgan fingerprint density at radius 2 is 2.17 bits per heavy atom. The molecule has 0 unspecified atom stereocenters. The molecule has 0 aliphatic heterocycles. The molecule has 2 nitrogen and oxygen atoms in total. The fourth-order valence-corrected chi connectivity index (χ4v) is 1.40. The number of nitrogens with two attached hydrogens (primary N) is 1. The molecule has 0 spiro atoms. The summed E-state index contributed by atoms with van der Waals surface area (Å²) < 4.78 is 12.8. The number of hydrogen-bond acceptors (Lipinski definition) is 2. The SMILES string of the molecule is N[C@@H]1C[C@H]1c1cccc(F)c1O. The van der Waals surface area contributed by atoms with Gasteiger partial charge in [0.25, 0.3) is 0 Å². The maximum Gasteiger partial charge on any atom is 0.165 e. The minimum absolute atomic E-state index is 0.0951. The van der Waals surface area contributed by atoms with Gasteiger partial charge in [0.05, 0.1) is 0 Å². The summed E-state index contributed by atoms with van der Waals surface area (Å²) in [6, 6.07) is 4.65. The van der Waals surface area contributed by atoms with Crippen LogP contribution in [0.15, 0.2) is 18.2 Å². The van der Waals surface area contributed by atoms with Crippen LogP contribution in [0.3, 0.4) is 0 Å². The molecule has 64 valence electrons. The minimum atomic E-state index is -0.563. The summed E-state index contributed by atoms with van der Waals surface area (Å²) in [5, 5.41) is 9.30. The van der Waals surface area contributed by atoms with Crippen molar-refractivity contribution in [3.63, 3.8) is 0 Å². The third kappa shape index (κ3) is 1.06. The van der Waals surface area contributed by atoms with Gasteiger partial charge in [-0.05, 0) is 12.5 Å². The Kier molecular flexibility index (Phi) is 1.54. The molecule has 1 fully saturated rings. The van der Waals surface area contributed by atoms with Crippen LogP contribution in [0, 0.1) is 5.82 Å². The molecular weight excluding hydrogens is 157 g/mol. The number of phenols is 1. The van der Waals surface area contributed by atoms with Gasteiger partial charge in [0.1, 0.15) is 0 Å². The molecule has 3 N–H and O–H groups in total. The summed E-state index contributed by atoms with van der Waals surface area (Å²) in [5.74, 6) is -0.650. The maximum atomic E-state index is 12.8. The van der Waals surface area contributed by atoms with E-state index in [9.17, 15) is 9.50 Å². The highest BCUT2D eigenvalue weighted by Gasteiger charge is 2.37. The topological polar surface area (TPSA) is 46.2 Å². The number of aromatic hydroxyl groups is 1. The molecular formula is C9H10FNO. The van der Waals surface area contributed by atoms with E-state index in [-0.39, 0.29) is 17.7 Å². The first-order chi connectivity index (χ1) is 5.70. The van der Waals surface area contributed by atoms with E-state index in [0.717, 1.165) is 6.42 Å². The van der Waals surface area contributed by atoms with Crippen LogP contribution in [0.25, 0.3) is 0 Å². The summed E-state index contributed by atoms with van der Waals surface area (Å²) in [5.41, 5.74) is 6.23. The van der Waals surface area contributed by atoms with Gasteiger partial charge >= 0.3 is 0 Å². The van der Waals surface area contributed by atoms with Gasteiger partial charge in [-0.25, -0.2) is 4.39 Å². The highest BCUT2D eigenvalue weighted by atomic mass is 19.1. The van der Waals surface area contributed by atoms with Gasteiger partial charge < -0.3 is 10.8 Å². The van der Waals surface area contributed by atoms with Crippen molar-refractivity contribution in [3.8, 4) is 5.75 Å². The van der Waals surface area contributed by atoms with Crippen molar-refractivity contribution >= 4 is 0 Å². The summed E-state index contributed by atoms with van der Waals surface area (Å²) in [6.07, 6.45) is 0.844. The van der Waals surface area contributed by atoms with Crippen LogP contribution in [-0.2, 0) is 0 Å². The second kappa shape index (κ2) is 2.45. The fourth-order valence-electron chi connectivity index (χ4n) is 1.40. The largest absolute Gasteiger partial charge is 0.505 e. The second-order valence-electron chi connectivity index (χ2n) is 3.18. The van der Waals surface area contributed by atoms with Crippen molar-refractivity contribution in [2.75, 3.05) is 0 Å². The van der Waals surface area contributed by atoms with Crippen molar-refractivity contribution in [2.45, 2.75) is 18.4 Å². The van der Waals surface area contributed by atoms with Crippen LogP contribution in [0.4, 0.5) is 4.39 Å². The van der Waals surface area contributed by atoms with Gasteiger partial charge in [-0.1, -0.05) is 12.1 Å². The maximum absolute atomic E-state index is 12.8. The number of phenolic OH excluding ortho intramolecular Hbond substituents is 1. The normalized spacial score (nSPS) is 27.2. The van der Waals surface area contributed by atoms with Crippen molar-refractivity contribution in [3.05, 3.63) is 29.6 Å². The molecule has 0 aromatic heterocycles.